The third kappa shape index (κ3) is 4.11. The summed E-state index contributed by atoms with van der Waals surface area (Å²) in [5.74, 6) is 0. The molecule has 0 aliphatic carbocycles. The number of hydrogen-bond donors (Lipinski definition) is 0. The maximum Gasteiger partial charge on any atom is 0.0564 e. The molecule has 0 saturated carbocycles. The van der Waals surface area contributed by atoms with Gasteiger partial charge in [-0.1, -0.05) is 27.7 Å². The Kier molecular flexibility index (Phi) is 6.29. The van der Waals surface area contributed by atoms with E-state index in [-0.39, 0.29) is 0 Å². The maximum atomic E-state index is 5.81. The van der Waals surface area contributed by atoms with Crippen LogP contribution in [0, 0.1) is 21.7 Å². The molecule has 29 heavy (non-hydrogen) atoms. The molecular weight excluding hydrogens is 380 g/mol. The minimum Gasteiger partial charge on any atom is -0.380 e. The van der Waals surface area contributed by atoms with Crippen molar-refractivity contribution < 1.29 is 18.9 Å². The number of hydrogen-bond acceptors (Lipinski definition) is 4. The summed E-state index contributed by atoms with van der Waals surface area (Å²) in [6.07, 6.45) is 5.07. The molecule has 4 fully saturated rings. The van der Waals surface area contributed by atoms with Crippen molar-refractivity contribution in [1.82, 2.24) is 0 Å². The van der Waals surface area contributed by atoms with E-state index >= 15 is 0 Å². The van der Waals surface area contributed by atoms with Crippen LogP contribution in [0.4, 0.5) is 0 Å². The van der Waals surface area contributed by atoms with Crippen LogP contribution in [-0.4, -0.2) is 60.9 Å². The van der Waals surface area contributed by atoms with Crippen LogP contribution in [0.25, 0.3) is 0 Å². The van der Waals surface area contributed by atoms with Gasteiger partial charge in [0.05, 0.1) is 60.9 Å². The average Bonchev–Trinajstić information content (AvgIpc) is 2.61. The second-order valence-electron chi connectivity index (χ2n) is 11.6. The summed E-state index contributed by atoms with van der Waals surface area (Å²) in [7, 11) is -1.62. The maximum absolute atomic E-state index is 5.81. The van der Waals surface area contributed by atoms with Crippen molar-refractivity contribution in [2.24, 2.45) is 21.7 Å². The van der Waals surface area contributed by atoms with Crippen LogP contribution < -0.4 is 0 Å². The van der Waals surface area contributed by atoms with Crippen molar-refractivity contribution in [3.63, 3.8) is 0 Å². The summed E-state index contributed by atoms with van der Waals surface area (Å²) in [5.41, 5.74) is 1.74. The highest BCUT2D eigenvalue weighted by Crippen LogP contribution is 2.57. The Bertz CT molecular complexity index is 438. The Labute approximate surface area is 179 Å². The van der Waals surface area contributed by atoms with Crippen molar-refractivity contribution in [2.75, 3.05) is 52.9 Å². The summed E-state index contributed by atoms with van der Waals surface area (Å²) >= 11 is 0. The summed E-state index contributed by atoms with van der Waals surface area (Å²) in [5, 5.41) is 0. The van der Waals surface area contributed by atoms with Crippen molar-refractivity contribution in [3.8, 4) is 0 Å². The molecule has 0 unspecified atom stereocenters. The lowest BCUT2D eigenvalue weighted by molar-refractivity contribution is -0.121. The van der Waals surface area contributed by atoms with E-state index in [2.05, 4.69) is 27.7 Å². The molecular formula is C24H44O4Si. The molecule has 0 aromatic rings. The van der Waals surface area contributed by atoms with E-state index in [0.717, 1.165) is 52.9 Å². The third-order valence-corrected chi connectivity index (χ3v) is 15.3. The topological polar surface area (TPSA) is 36.9 Å². The second-order valence-corrected chi connectivity index (χ2v) is 16.0. The van der Waals surface area contributed by atoms with Crippen molar-refractivity contribution in [2.45, 2.75) is 77.6 Å². The lowest BCUT2D eigenvalue weighted by atomic mass is 9.84. The van der Waals surface area contributed by atoms with Gasteiger partial charge in [0.2, 0.25) is 0 Å². The molecule has 4 rings (SSSR count). The first kappa shape index (κ1) is 22.3. The van der Waals surface area contributed by atoms with Gasteiger partial charge in [0.1, 0.15) is 0 Å². The first-order chi connectivity index (χ1) is 13.9. The fraction of sp³-hybridized carbons (Fsp3) is 1.00. The highest BCUT2D eigenvalue weighted by Gasteiger charge is 2.58. The molecule has 4 nitrogen and oxygen atoms in total. The van der Waals surface area contributed by atoms with E-state index in [4.69, 9.17) is 18.9 Å². The van der Waals surface area contributed by atoms with Crippen LogP contribution in [0.3, 0.4) is 0 Å². The monoisotopic (exact) mass is 424 g/mol. The van der Waals surface area contributed by atoms with Crippen LogP contribution >= 0.6 is 0 Å². The lowest BCUT2D eigenvalue weighted by Crippen LogP contribution is -2.61. The van der Waals surface area contributed by atoms with Crippen LogP contribution in [0.1, 0.15) is 53.4 Å². The van der Waals surface area contributed by atoms with E-state index < -0.39 is 8.07 Å². The zero-order valence-electron chi connectivity index (χ0n) is 19.4. The van der Waals surface area contributed by atoms with Gasteiger partial charge in [0, 0.05) is 21.7 Å². The van der Waals surface area contributed by atoms with Crippen LogP contribution in [0.2, 0.25) is 24.2 Å². The third-order valence-electron chi connectivity index (χ3n) is 9.27. The van der Waals surface area contributed by atoms with Gasteiger partial charge in [0.15, 0.2) is 0 Å². The SMILES string of the molecule is CCC1(C[Si](CC2(CC)COC2)(CC2(CC)COC2)CC2(CC)COC2)COC1. The molecule has 0 spiro atoms. The Hall–Kier alpha value is 0.0569. The molecule has 0 aromatic heterocycles. The predicted octanol–water partition coefficient (Wildman–Crippen LogP) is 5.14. The fourth-order valence-electron chi connectivity index (χ4n) is 6.84. The first-order valence-corrected chi connectivity index (χ1v) is 15.0. The molecule has 0 aromatic carbocycles. The standard InChI is InChI=1S/C24H44O4Si/c1-5-21(9-25-10-21)17-29(18-22(6-2)11-26-12-22,19-23(7-3)13-27-14-23)20-24(8-4)15-28-16-24/h5-20H2,1-4H3. The van der Waals surface area contributed by atoms with Crippen molar-refractivity contribution in [1.29, 1.82) is 0 Å². The molecule has 4 saturated heterocycles. The van der Waals surface area contributed by atoms with Crippen LogP contribution in [-0.2, 0) is 18.9 Å². The molecule has 168 valence electrons. The van der Waals surface area contributed by atoms with Gasteiger partial charge < -0.3 is 18.9 Å². The minimum atomic E-state index is -1.62. The zero-order valence-corrected chi connectivity index (χ0v) is 20.4. The highest BCUT2D eigenvalue weighted by atomic mass is 28.3. The molecule has 0 bridgehead atoms. The molecule has 5 heteroatoms. The Morgan fingerprint density at radius 2 is 0.655 bits per heavy atom. The second kappa shape index (κ2) is 8.20. The Morgan fingerprint density at radius 3 is 0.759 bits per heavy atom. The van der Waals surface area contributed by atoms with E-state index in [1.165, 1.54) is 49.9 Å². The van der Waals surface area contributed by atoms with Crippen molar-refractivity contribution in [3.05, 3.63) is 0 Å². The largest absolute Gasteiger partial charge is 0.380 e. The van der Waals surface area contributed by atoms with Gasteiger partial charge >= 0.3 is 0 Å². The minimum absolute atomic E-state index is 0.435. The predicted molar refractivity (Wildman–Crippen MR) is 119 cm³/mol. The molecule has 0 N–H and O–H groups in total. The quantitative estimate of drug-likeness (QED) is 0.406. The van der Waals surface area contributed by atoms with Crippen LogP contribution in [0.5, 0.6) is 0 Å². The molecule has 4 heterocycles. The van der Waals surface area contributed by atoms with Gasteiger partial charge in [-0.2, -0.15) is 0 Å². The smallest absolute Gasteiger partial charge is 0.0564 e. The molecule has 0 amide bonds. The summed E-state index contributed by atoms with van der Waals surface area (Å²) in [4.78, 5) is 0. The number of rotatable bonds is 12. The Morgan fingerprint density at radius 1 is 0.448 bits per heavy atom. The summed E-state index contributed by atoms with van der Waals surface area (Å²) in [6.45, 7) is 17.5. The summed E-state index contributed by atoms with van der Waals surface area (Å²) in [6, 6.07) is 5.78. The van der Waals surface area contributed by atoms with Gasteiger partial charge in [-0.05, 0) is 49.9 Å². The molecule has 4 aliphatic rings. The molecule has 0 atom stereocenters. The van der Waals surface area contributed by atoms with E-state index in [1.807, 2.05) is 0 Å². The lowest BCUT2D eigenvalue weighted by Gasteiger charge is -2.58. The van der Waals surface area contributed by atoms with E-state index in [1.54, 1.807) is 0 Å². The van der Waals surface area contributed by atoms with Gasteiger partial charge in [-0.25, -0.2) is 0 Å². The van der Waals surface area contributed by atoms with E-state index in [9.17, 15) is 0 Å². The molecule has 0 radical (unpaired) electrons. The Balaban J connectivity index is 1.68. The molecule has 4 aliphatic heterocycles. The van der Waals surface area contributed by atoms with E-state index in [0.29, 0.717) is 21.7 Å². The van der Waals surface area contributed by atoms with Crippen molar-refractivity contribution >= 4 is 8.07 Å². The zero-order chi connectivity index (χ0) is 20.6. The van der Waals surface area contributed by atoms with Gasteiger partial charge in [-0.15, -0.1) is 0 Å². The number of ether oxygens (including phenoxy) is 4. The normalized spacial score (nSPS) is 28.6. The first-order valence-electron chi connectivity index (χ1n) is 12.2. The van der Waals surface area contributed by atoms with Gasteiger partial charge in [-0.3, -0.25) is 0 Å². The highest BCUT2D eigenvalue weighted by molar-refractivity contribution is 6.80. The van der Waals surface area contributed by atoms with Crippen LogP contribution in [0.15, 0.2) is 0 Å². The van der Waals surface area contributed by atoms with Gasteiger partial charge in [0.25, 0.3) is 0 Å². The summed E-state index contributed by atoms with van der Waals surface area (Å²) < 4.78 is 23.3. The fourth-order valence-corrected chi connectivity index (χ4v) is 15.8. The average molecular weight is 425 g/mol.